The van der Waals surface area contributed by atoms with Gasteiger partial charge in [0.2, 0.25) is 5.79 Å². The topological polar surface area (TPSA) is 73.7 Å². The highest BCUT2D eigenvalue weighted by atomic mass is 19.1. The van der Waals surface area contributed by atoms with Crippen LogP contribution in [0.1, 0.15) is 5.56 Å². The first-order valence-corrected chi connectivity index (χ1v) is 10.9. The second kappa shape index (κ2) is 9.42. The Morgan fingerprint density at radius 2 is 1.94 bits per heavy atom. The molecule has 3 heterocycles. The van der Waals surface area contributed by atoms with E-state index in [4.69, 9.17) is 14.2 Å². The predicted octanol–water partition coefficient (Wildman–Crippen LogP) is 2.31. The molecule has 174 valence electrons. The summed E-state index contributed by atoms with van der Waals surface area (Å²) in [5.41, 5.74) is 1.25. The van der Waals surface area contributed by atoms with E-state index in [1.807, 2.05) is 24.3 Å². The van der Waals surface area contributed by atoms with Gasteiger partial charge in [-0.05, 0) is 36.4 Å². The molecule has 2 atom stereocenters. The molecule has 8 nitrogen and oxygen atoms in total. The number of halogens is 2. The van der Waals surface area contributed by atoms with Crippen LogP contribution in [0.5, 0.6) is 5.75 Å². The maximum absolute atomic E-state index is 14.7. The number of piperazine rings is 1. The molecule has 33 heavy (non-hydrogen) atoms. The van der Waals surface area contributed by atoms with Crippen molar-refractivity contribution in [2.75, 3.05) is 44.3 Å². The molecule has 0 spiro atoms. The van der Waals surface area contributed by atoms with Crippen LogP contribution in [0.3, 0.4) is 0 Å². The van der Waals surface area contributed by atoms with Crippen LogP contribution in [-0.4, -0.2) is 60.3 Å². The maximum atomic E-state index is 14.7. The second-order valence-electron chi connectivity index (χ2n) is 8.06. The summed E-state index contributed by atoms with van der Waals surface area (Å²) in [5.74, 6) is -2.18. The second-order valence-corrected chi connectivity index (χ2v) is 8.06. The first kappa shape index (κ1) is 21.7. The van der Waals surface area contributed by atoms with Gasteiger partial charge in [-0.25, -0.2) is 18.4 Å². The standard InChI is InChI=1S/C23H25F2N5O3/c24-17-1-6-21(22(25)11-17)23(14-30-16-27-15-28-30)32-13-20(33-23)12-31-19-4-2-18(3-5-19)29-9-7-26-8-10-29/h1-6,11,15-16,20,26H,7-10,12-14H2/t20-,23-/m1/s1. The fraction of sp³-hybridized carbons (Fsp3) is 0.391. The van der Waals surface area contributed by atoms with Gasteiger partial charge in [0.05, 0.1) is 6.61 Å². The van der Waals surface area contributed by atoms with Gasteiger partial charge in [0.25, 0.3) is 0 Å². The molecule has 2 aliphatic rings. The molecule has 1 N–H and O–H groups in total. The van der Waals surface area contributed by atoms with Crippen LogP contribution < -0.4 is 15.0 Å². The van der Waals surface area contributed by atoms with Gasteiger partial charge in [0.1, 0.15) is 49.3 Å². The third-order valence-corrected chi connectivity index (χ3v) is 5.79. The van der Waals surface area contributed by atoms with E-state index in [2.05, 4.69) is 20.3 Å². The summed E-state index contributed by atoms with van der Waals surface area (Å²) in [6.07, 6.45) is 2.40. The van der Waals surface area contributed by atoms with Crippen molar-refractivity contribution in [1.82, 2.24) is 20.1 Å². The van der Waals surface area contributed by atoms with Crippen molar-refractivity contribution in [3.8, 4) is 5.75 Å². The summed E-state index contributed by atoms with van der Waals surface area (Å²) >= 11 is 0. The van der Waals surface area contributed by atoms with Gasteiger partial charge in [-0.15, -0.1) is 0 Å². The van der Waals surface area contributed by atoms with Crippen LogP contribution in [0.15, 0.2) is 55.1 Å². The fourth-order valence-electron chi connectivity index (χ4n) is 4.15. The Balaban J connectivity index is 1.26. The monoisotopic (exact) mass is 457 g/mol. The third-order valence-electron chi connectivity index (χ3n) is 5.79. The Labute approximate surface area is 190 Å². The van der Waals surface area contributed by atoms with Gasteiger partial charge in [-0.1, -0.05) is 0 Å². The number of hydrogen-bond donors (Lipinski definition) is 1. The van der Waals surface area contributed by atoms with Gasteiger partial charge in [-0.2, -0.15) is 5.10 Å². The molecule has 0 saturated carbocycles. The van der Waals surface area contributed by atoms with Crippen LogP contribution in [0.25, 0.3) is 0 Å². The third kappa shape index (κ3) is 4.82. The zero-order valence-electron chi connectivity index (χ0n) is 18.0. The maximum Gasteiger partial charge on any atom is 0.218 e. The van der Waals surface area contributed by atoms with Gasteiger partial charge in [-0.3, -0.25) is 0 Å². The van der Waals surface area contributed by atoms with E-state index in [9.17, 15) is 8.78 Å². The molecule has 5 rings (SSSR count). The number of nitrogens with one attached hydrogen (secondary N) is 1. The van der Waals surface area contributed by atoms with E-state index < -0.39 is 23.5 Å². The minimum absolute atomic E-state index is 0.0610. The number of ether oxygens (including phenoxy) is 3. The summed E-state index contributed by atoms with van der Waals surface area (Å²) in [5, 5.41) is 7.42. The van der Waals surface area contributed by atoms with Crippen LogP contribution >= 0.6 is 0 Å². The molecule has 0 amide bonds. The van der Waals surface area contributed by atoms with Crippen molar-refractivity contribution in [3.05, 3.63) is 72.3 Å². The van der Waals surface area contributed by atoms with Crippen molar-refractivity contribution in [2.24, 2.45) is 0 Å². The summed E-state index contributed by atoms with van der Waals surface area (Å²) in [6.45, 7) is 4.36. The van der Waals surface area contributed by atoms with E-state index in [1.165, 1.54) is 29.5 Å². The average Bonchev–Trinajstić information content (AvgIpc) is 3.49. The Morgan fingerprint density at radius 1 is 1.12 bits per heavy atom. The molecular formula is C23H25F2N5O3. The van der Waals surface area contributed by atoms with Gasteiger partial charge in [0, 0.05) is 43.5 Å². The van der Waals surface area contributed by atoms with Crippen molar-refractivity contribution in [1.29, 1.82) is 0 Å². The highest BCUT2D eigenvalue weighted by Crippen LogP contribution is 2.37. The van der Waals surface area contributed by atoms with Crippen molar-refractivity contribution < 1.29 is 23.0 Å². The SMILES string of the molecule is Fc1ccc([C@]2(Cn3cncn3)OC[C@@H](COc3ccc(N4CCNCC4)cc3)O2)c(F)c1. The summed E-state index contributed by atoms with van der Waals surface area (Å²) in [6, 6.07) is 11.3. The molecule has 0 radical (unpaired) electrons. The number of anilines is 1. The van der Waals surface area contributed by atoms with Crippen molar-refractivity contribution in [3.63, 3.8) is 0 Å². The quantitative estimate of drug-likeness (QED) is 0.584. The molecule has 0 aliphatic carbocycles. The molecule has 2 fully saturated rings. The Bertz CT molecular complexity index is 1060. The van der Waals surface area contributed by atoms with E-state index in [-0.39, 0.29) is 25.3 Å². The van der Waals surface area contributed by atoms with Crippen LogP contribution in [0.4, 0.5) is 14.5 Å². The molecule has 1 aromatic heterocycles. The van der Waals surface area contributed by atoms with Gasteiger partial charge >= 0.3 is 0 Å². The first-order chi connectivity index (χ1) is 16.1. The largest absolute Gasteiger partial charge is 0.491 e. The first-order valence-electron chi connectivity index (χ1n) is 10.9. The van der Waals surface area contributed by atoms with Crippen molar-refractivity contribution in [2.45, 2.75) is 18.4 Å². The van der Waals surface area contributed by atoms with Crippen LogP contribution in [0, 0.1) is 11.6 Å². The summed E-state index contributed by atoms with van der Waals surface area (Å²) in [4.78, 5) is 6.24. The normalized spacial score (nSPS) is 23.1. The van der Waals surface area contributed by atoms with E-state index >= 15 is 0 Å². The molecule has 3 aromatic rings. The lowest BCUT2D eigenvalue weighted by Gasteiger charge is -2.29. The summed E-state index contributed by atoms with van der Waals surface area (Å²) < 4.78 is 47.7. The number of aromatic nitrogens is 3. The number of benzene rings is 2. The fourth-order valence-corrected chi connectivity index (χ4v) is 4.15. The molecule has 0 unspecified atom stereocenters. The summed E-state index contributed by atoms with van der Waals surface area (Å²) in [7, 11) is 0. The zero-order valence-corrected chi connectivity index (χ0v) is 18.0. The average molecular weight is 457 g/mol. The van der Waals surface area contributed by atoms with E-state index in [1.54, 1.807) is 0 Å². The number of rotatable bonds is 7. The zero-order chi connectivity index (χ0) is 22.7. The lowest BCUT2D eigenvalue weighted by Crippen LogP contribution is -2.43. The highest BCUT2D eigenvalue weighted by Gasteiger charge is 2.46. The van der Waals surface area contributed by atoms with E-state index in [0.717, 1.165) is 37.9 Å². The predicted molar refractivity (Wildman–Crippen MR) is 116 cm³/mol. The minimum atomic E-state index is -1.47. The molecule has 2 aliphatic heterocycles. The van der Waals surface area contributed by atoms with E-state index in [0.29, 0.717) is 5.75 Å². The van der Waals surface area contributed by atoms with Crippen LogP contribution in [0.2, 0.25) is 0 Å². The minimum Gasteiger partial charge on any atom is -0.491 e. The lowest BCUT2D eigenvalue weighted by molar-refractivity contribution is -0.192. The molecule has 2 aromatic carbocycles. The number of nitrogens with zero attached hydrogens (tertiary/aromatic N) is 4. The molecular weight excluding hydrogens is 432 g/mol. The van der Waals surface area contributed by atoms with Crippen molar-refractivity contribution >= 4 is 5.69 Å². The molecule has 2 saturated heterocycles. The smallest absolute Gasteiger partial charge is 0.218 e. The lowest BCUT2D eigenvalue weighted by atomic mass is 10.0. The van der Waals surface area contributed by atoms with Crippen LogP contribution in [-0.2, 0) is 21.8 Å². The molecule has 10 heteroatoms. The highest BCUT2D eigenvalue weighted by molar-refractivity contribution is 5.49. The Morgan fingerprint density at radius 3 is 2.67 bits per heavy atom. The Kier molecular flexibility index (Phi) is 6.21. The van der Waals surface area contributed by atoms with Gasteiger partial charge < -0.3 is 24.4 Å². The molecule has 0 bridgehead atoms. The Hall–Kier alpha value is -3.08. The van der Waals surface area contributed by atoms with Gasteiger partial charge in [0.15, 0.2) is 0 Å². The number of hydrogen-bond acceptors (Lipinski definition) is 7.